The molecule has 1 aliphatic carbocycles. The van der Waals surface area contributed by atoms with E-state index < -0.39 is 0 Å². The van der Waals surface area contributed by atoms with Gasteiger partial charge in [-0.05, 0) is 48.4 Å². The fourth-order valence-corrected chi connectivity index (χ4v) is 4.80. The van der Waals surface area contributed by atoms with Crippen molar-refractivity contribution < 1.29 is 9.53 Å². The van der Waals surface area contributed by atoms with E-state index >= 15 is 0 Å². The van der Waals surface area contributed by atoms with Gasteiger partial charge in [-0.25, -0.2) is 0 Å². The zero-order valence-electron chi connectivity index (χ0n) is 18.7. The van der Waals surface area contributed by atoms with Gasteiger partial charge in [-0.15, -0.1) is 10.2 Å². The summed E-state index contributed by atoms with van der Waals surface area (Å²) in [5.41, 5.74) is 0.991. The molecule has 1 aromatic heterocycles. The minimum Gasteiger partial charge on any atom is -0.497 e. The van der Waals surface area contributed by atoms with Gasteiger partial charge in [0.25, 0.3) is 0 Å². The second-order valence-electron chi connectivity index (χ2n) is 8.77. The van der Waals surface area contributed by atoms with E-state index in [1.165, 1.54) is 24.6 Å². The number of thioether (sulfide) groups is 1. The molecule has 164 valence electrons. The lowest BCUT2D eigenvalue weighted by Crippen LogP contribution is -2.44. The largest absolute Gasteiger partial charge is 0.497 e. The lowest BCUT2D eigenvalue weighted by Gasteiger charge is -2.34. The number of methoxy groups -OCH3 is 1. The molecule has 0 aliphatic heterocycles. The molecule has 1 fully saturated rings. The van der Waals surface area contributed by atoms with Crippen LogP contribution in [0.4, 0.5) is 0 Å². The number of benzene rings is 1. The number of hydrogen-bond donors (Lipinski definition) is 1. The van der Waals surface area contributed by atoms with E-state index in [1.54, 1.807) is 7.11 Å². The molecule has 6 nitrogen and oxygen atoms in total. The molecule has 1 saturated carbocycles. The number of nitrogens with zero attached hydrogens (tertiary/aromatic N) is 3. The number of aromatic nitrogens is 3. The summed E-state index contributed by atoms with van der Waals surface area (Å²) in [5, 5.41) is 12.9. The number of amides is 1. The van der Waals surface area contributed by atoms with Crippen LogP contribution in [-0.2, 0) is 11.3 Å². The van der Waals surface area contributed by atoms with Crippen LogP contribution >= 0.6 is 11.8 Å². The van der Waals surface area contributed by atoms with E-state index in [1.807, 2.05) is 24.3 Å². The van der Waals surface area contributed by atoms with Gasteiger partial charge in [0.1, 0.15) is 5.75 Å². The standard InChI is InChI=1S/C23H34N4O2S/c1-15(2)13-27-22(18-9-11-19(29-5)12-10-18)25-26-23(27)30-14-21(28)24-20-8-6-7-16(3)17(20)4/h9-12,15-17,20H,6-8,13-14H2,1-5H3,(H,24,28)/t16-,17-,20+/m1/s1. The predicted molar refractivity (Wildman–Crippen MR) is 122 cm³/mol. The van der Waals surface area contributed by atoms with Crippen molar-refractivity contribution in [2.24, 2.45) is 17.8 Å². The quantitative estimate of drug-likeness (QED) is 0.618. The molecule has 7 heteroatoms. The van der Waals surface area contributed by atoms with Crippen LogP contribution in [0, 0.1) is 17.8 Å². The van der Waals surface area contributed by atoms with E-state index in [0.717, 1.165) is 35.3 Å². The Kier molecular flexibility index (Phi) is 7.81. The number of carbonyl (C=O) groups is 1. The normalized spacial score (nSPS) is 21.6. The third-order valence-corrected chi connectivity index (χ3v) is 6.97. The highest BCUT2D eigenvalue weighted by Gasteiger charge is 2.28. The van der Waals surface area contributed by atoms with Gasteiger partial charge in [0.2, 0.25) is 5.91 Å². The Morgan fingerprint density at radius 3 is 2.63 bits per heavy atom. The van der Waals surface area contributed by atoms with Crippen molar-refractivity contribution in [1.82, 2.24) is 20.1 Å². The van der Waals surface area contributed by atoms with Crippen molar-refractivity contribution in [3.63, 3.8) is 0 Å². The first-order chi connectivity index (χ1) is 14.4. The smallest absolute Gasteiger partial charge is 0.230 e. The Balaban J connectivity index is 1.69. The van der Waals surface area contributed by atoms with Crippen LogP contribution in [0.3, 0.4) is 0 Å². The first-order valence-corrected chi connectivity index (χ1v) is 11.9. The minimum absolute atomic E-state index is 0.0797. The molecule has 0 radical (unpaired) electrons. The molecule has 1 N–H and O–H groups in total. The van der Waals surface area contributed by atoms with E-state index in [0.29, 0.717) is 23.5 Å². The number of carbonyl (C=O) groups excluding carboxylic acids is 1. The summed E-state index contributed by atoms with van der Waals surface area (Å²) in [6, 6.07) is 8.12. The van der Waals surface area contributed by atoms with Crippen LogP contribution < -0.4 is 10.1 Å². The van der Waals surface area contributed by atoms with Crippen LogP contribution in [0.1, 0.15) is 47.0 Å². The van der Waals surface area contributed by atoms with E-state index in [9.17, 15) is 4.79 Å². The van der Waals surface area contributed by atoms with Gasteiger partial charge in [-0.1, -0.05) is 52.3 Å². The highest BCUT2D eigenvalue weighted by Crippen LogP contribution is 2.30. The average molecular weight is 431 g/mol. The van der Waals surface area contributed by atoms with Gasteiger partial charge >= 0.3 is 0 Å². The highest BCUT2D eigenvalue weighted by atomic mass is 32.2. The van der Waals surface area contributed by atoms with Gasteiger partial charge in [-0.3, -0.25) is 4.79 Å². The molecule has 1 aromatic carbocycles. The van der Waals surface area contributed by atoms with Crippen molar-refractivity contribution in [3.8, 4) is 17.1 Å². The fraction of sp³-hybridized carbons (Fsp3) is 0.609. The number of hydrogen-bond acceptors (Lipinski definition) is 5. The summed E-state index contributed by atoms with van der Waals surface area (Å²) in [6.07, 6.45) is 3.53. The fourth-order valence-electron chi connectivity index (χ4n) is 4.04. The van der Waals surface area contributed by atoms with Gasteiger partial charge in [-0.2, -0.15) is 0 Å². The van der Waals surface area contributed by atoms with Crippen molar-refractivity contribution >= 4 is 17.7 Å². The molecule has 3 rings (SSSR count). The highest BCUT2D eigenvalue weighted by molar-refractivity contribution is 7.99. The molecular formula is C23H34N4O2S. The molecule has 0 spiro atoms. The van der Waals surface area contributed by atoms with E-state index in [-0.39, 0.29) is 11.9 Å². The van der Waals surface area contributed by atoms with Crippen LogP contribution in [0.5, 0.6) is 5.75 Å². The number of ether oxygens (including phenoxy) is 1. The van der Waals surface area contributed by atoms with E-state index in [2.05, 4.69) is 47.8 Å². The lowest BCUT2D eigenvalue weighted by molar-refractivity contribution is -0.120. The second-order valence-corrected chi connectivity index (χ2v) is 9.71. The van der Waals surface area contributed by atoms with Crippen molar-refractivity contribution in [1.29, 1.82) is 0 Å². The number of rotatable bonds is 8. The summed E-state index contributed by atoms with van der Waals surface area (Å²) in [6.45, 7) is 9.68. The SMILES string of the molecule is COc1ccc(-c2nnc(SCC(=O)N[C@H]3CCC[C@@H](C)[C@H]3C)n2CC(C)C)cc1. The van der Waals surface area contributed by atoms with E-state index in [4.69, 9.17) is 4.74 Å². The van der Waals surface area contributed by atoms with Crippen LogP contribution in [-0.4, -0.2) is 39.6 Å². The maximum atomic E-state index is 12.6. The monoisotopic (exact) mass is 430 g/mol. The van der Waals surface area contributed by atoms with Crippen molar-refractivity contribution in [2.75, 3.05) is 12.9 Å². The molecule has 30 heavy (non-hydrogen) atoms. The van der Waals surface area contributed by atoms with Crippen molar-refractivity contribution in [3.05, 3.63) is 24.3 Å². The van der Waals surface area contributed by atoms with Crippen LogP contribution in [0.25, 0.3) is 11.4 Å². The molecule has 1 aliphatic rings. The Labute approximate surface area is 184 Å². The topological polar surface area (TPSA) is 69.0 Å². The molecule has 0 unspecified atom stereocenters. The molecule has 2 aromatic rings. The van der Waals surface area contributed by atoms with Gasteiger partial charge in [0, 0.05) is 18.2 Å². The summed E-state index contributed by atoms with van der Waals surface area (Å²) < 4.78 is 7.38. The summed E-state index contributed by atoms with van der Waals surface area (Å²) >= 11 is 1.46. The molecule has 1 amide bonds. The number of nitrogens with one attached hydrogen (secondary N) is 1. The average Bonchev–Trinajstić information content (AvgIpc) is 3.11. The Morgan fingerprint density at radius 2 is 1.97 bits per heavy atom. The third-order valence-electron chi connectivity index (χ3n) is 6.00. The zero-order valence-corrected chi connectivity index (χ0v) is 19.5. The first-order valence-electron chi connectivity index (χ1n) is 10.9. The van der Waals surface area contributed by atoms with Gasteiger partial charge in [0.05, 0.1) is 12.9 Å². The molecule has 0 bridgehead atoms. The van der Waals surface area contributed by atoms with Crippen molar-refractivity contribution in [2.45, 2.75) is 64.7 Å². The third kappa shape index (κ3) is 5.56. The maximum absolute atomic E-state index is 12.6. The maximum Gasteiger partial charge on any atom is 0.230 e. The second kappa shape index (κ2) is 10.3. The van der Waals surface area contributed by atoms with Gasteiger partial charge in [0.15, 0.2) is 11.0 Å². The molecule has 1 heterocycles. The summed E-state index contributed by atoms with van der Waals surface area (Å²) in [7, 11) is 1.66. The molecule has 0 saturated heterocycles. The Morgan fingerprint density at radius 1 is 1.23 bits per heavy atom. The minimum atomic E-state index is 0.0797. The van der Waals surface area contributed by atoms with Crippen LogP contribution in [0.2, 0.25) is 0 Å². The molecular weight excluding hydrogens is 396 g/mol. The van der Waals surface area contributed by atoms with Crippen LogP contribution in [0.15, 0.2) is 29.4 Å². The first kappa shape index (κ1) is 22.7. The zero-order chi connectivity index (χ0) is 21.7. The lowest BCUT2D eigenvalue weighted by atomic mass is 9.78. The van der Waals surface area contributed by atoms with Gasteiger partial charge < -0.3 is 14.6 Å². The summed E-state index contributed by atoms with van der Waals surface area (Å²) in [4.78, 5) is 12.6. The predicted octanol–water partition coefficient (Wildman–Crippen LogP) is 4.64. The summed E-state index contributed by atoms with van der Waals surface area (Å²) in [5.74, 6) is 3.70. The molecule has 3 atom stereocenters. The Bertz CT molecular complexity index is 834. The Hall–Kier alpha value is -2.02.